The minimum Gasteiger partial charge on any atom is -0.491 e. The number of carbonyl (C=O) groups is 1. The van der Waals surface area contributed by atoms with E-state index >= 15 is 0 Å². The first-order valence-electron chi connectivity index (χ1n) is 9.56. The molecule has 0 aromatic heterocycles. The molecule has 1 aliphatic rings. The van der Waals surface area contributed by atoms with Gasteiger partial charge in [0.1, 0.15) is 18.5 Å². The summed E-state index contributed by atoms with van der Waals surface area (Å²) in [6.45, 7) is 8.59. The van der Waals surface area contributed by atoms with E-state index in [9.17, 15) is 9.90 Å². The summed E-state index contributed by atoms with van der Waals surface area (Å²) in [4.78, 5) is 13.4. The fraction of sp³-hybridized carbons (Fsp3) is 0.650. The third-order valence-corrected chi connectivity index (χ3v) is 4.64. The van der Waals surface area contributed by atoms with Crippen molar-refractivity contribution >= 4 is 6.09 Å². The van der Waals surface area contributed by atoms with Crippen LogP contribution >= 0.6 is 0 Å². The van der Waals surface area contributed by atoms with Gasteiger partial charge in [0.25, 0.3) is 0 Å². The van der Waals surface area contributed by atoms with E-state index in [2.05, 4.69) is 25.2 Å². The van der Waals surface area contributed by atoms with Gasteiger partial charge in [-0.1, -0.05) is 32.0 Å². The first kappa shape index (κ1) is 20.5. The zero-order valence-corrected chi connectivity index (χ0v) is 16.1. The smallest absolute Gasteiger partial charge is 0.409 e. The summed E-state index contributed by atoms with van der Waals surface area (Å²) in [6.07, 6.45) is 0.923. The summed E-state index contributed by atoms with van der Waals surface area (Å²) < 4.78 is 10.8. The van der Waals surface area contributed by atoms with Crippen molar-refractivity contribution < 1.29 is 19.4 Å². The third-order valence-electron chi connectivity index (χ3n) is 4.64. The number of hydrogen-bond acceptors (Lipinski definition) is 5. The van der Waals surface area contributed by atoms with Crippen LogP contribution in [0.15, 0.2) is 24.3 Å². The summed E-state index contributed by atoms with van der Waals surface area (Å²) in [5.41, 5.74) is 1.15. The van der Waals surface area contributed by atoms with E-state index in [1.807, 2.05) is 25.1 Å². The van der Waals surface area contributed by atoms with E-state index in [4.69, 9.17) is 9.47 Å². The van der Waals surface area contributed by atoms with E-state index in [1.165, 1.54) is 0 Å². The Morgan fingerprint density at radius 1 is 1.31 bits per heavy atom. The van der Waals surface area contributed by atoms with Crippen LogP contribution in [0.2, 0.25) is 0 Å². The molecule has 1 fully saturated rings. The Kier molecular flexibility index (Phi) is 8.19. The van der Waals surface area contributed by atoms with Crippen LogP contribution in [0.4, 0.5) is 4.79 Å². The number of benzene rings is 1. The lowest BCUT2D eigenvalue weighted by Gasteiger charge is -2.32. The Morgan fingerprint density at radius 3 is 2.65 bits per heavy atom. The van der Waals surface area contributed by atoms with Crippen LogP contribution in [0.1, 0.15) is 45.1 Å². The van der Waals surface area contributed by atoms with Gasteiger partial charge in [-0.25, -0.2) is 4.79 Å². The minimum atomic E-state index is -0.571. The van der Waals surface area contributed by atoms with Gasteiger partial charge < -0.3 is 24.8 Å². The zero-order chi connectivity index (χ0) is 18.9. The lowest BCUT2D eigenvalue weighted by molar-refractivity contribution is 0.0858. The quantitative estimate of drug-likeness (QED) is 0.742. The van der Waals surface area contributed by atoms with Crippen molar-refractivity contribution in [2.24, 2.45) is 0 Å². The molecule has 0 aliphatic carbocycles. The number of amides is 1. The second-order valence-corrected chi connectivity index (χ2v) is 7.03. The topological polar surface area (TPSA) is 71.0 Å². The minimum absolute atomic E-state index is 0.233. The van der Waals surface area contributed by atoms with Crippen LogP contribution in [-0.2, 0) is 4.74 Å². The first-order valence-corrected chi connectivity index (χ1v) is 9.56. The number of aliphatic hydroxyl groups is 1. The molecule has 2 rings (SSSR count). The van der Waals surface area contributed by atoms with E-state index in [0.717, 1.165) is 24.2 Å². The van der Waals surface area contributed by atoms with Gasteiger partial charge in [-0.3, -0.25) is 0 Å². The highest BCUT2D eigenvalue weighted by molar-refractivity contribution is 5.67. The van der Waals surface area contributed by atoms with Crippen molar-refractivity contribution in [3.05, 3.63) is 29.8 Å². The Labute approximate surface area is 156 Å². The molecule has 146 valence electrons. The Morgan fingerprint density at radius 2 is 2.00 bits per heavy atom. The molecule has 2 N–H and O–H groups in total. The largest absolute Gasteiger partial charge is 0.491 e. The molecule has 1 aromatic carbocycles. The maximum Gasteiger partial charge on any atom is 0.409 e. The van der Waals surface area contributed by atoms with Crippen molar-refractivity contribution in [1.29, 1.82) is 0 Å². The number of ether oxygens (including phenoxy) is 2. The summed E-state index contributed by atoms with van der Waals surface area (Å²) in [7, 11) is 0. The van der Waals surface area contributed by atoms with Gasteiger partial charge in [0.05, 0.1) is 6.61 Å². The molecule has 1 heterocycles. The second kappa shape index (κ2) is 10.4. The van der Waals surface area contributed by atoms with Crippen LogP contribution in [0.25, 0.3) is 0 Å². The molecule has 1 saturated heterocycles. The number of likely N-dealkylation sites (tertiary alicyclic amines) is 1. The number of nitrogens with zero attached hydrogens (tertiary/aromatic N) is 1. The molecule has 1 aromatic rings. The average molecular weight is 364 g/mol. The van der Waals surface area contributed by atoms with Crippen LogP contribution in [0.5, 0.6) is 5.75 Å². The van der Waals surface area contributed by atoms with E-state index < -0.39 is 6.10 Å². The number of carbonyl (C=O) groups excluding carboxylic acids is 1. The molecular weight excluding hydrogens is 332 g/mol. The van der Waals surface area contributed by atoms with Crippen LogP contribution < -0.4 is 10.1 Å². The first-order chi connectivity index (χ1) is 12.5. The molecule has 1 amide bonds. The number of piperidine rings is 1. The zero-order valence-electron chi connectivity index (χ0n) is 16.1. The molecule has 1 aliphatic heterocycles. The summed E-state index contributed by atoms with van der Waals surface area (Å²) in [5, 5.41) is 13.6. The molecule has 26 heavy (non-hydrogen) atoms. The van der Waals surface area contributed by atoms with E-state index in [0.29, 0.717) is 38.2 Å². The Bertz CT molecular complexity index is 556. The summed E-state index contributed by atoms with van der Waals surface area (Å²) >= 11 is 0. The molecule has 0 bridgehead atoms. The summed E-state index contributed by atoms with van der Waals surface area (Å²) in [6, 6.07) is 8.26. The molecule has 6 nitrogen and oxygen atoms in total. The maximum atomic E-state index is 11.7. The fourth-order valence-electron chi connectivity index (χ4n) is 3.12. The third kappa shape index (κ3) is 6.18. The number of aliphatic hydroxyl groups excluding tert-OH is 1. The molecule has 1 atom stereocenters. The van der Waals surface area contributed by atoms with Crippen molar-refractivity contribution in [3.8, 4) is 5.75 Å². The number of nitrogens with one attached hydrogen (secondary N) is 1. The second-order valence-electron chi connectivity index (χ2n) is 7.03. The Balaban J connectivity index is 1.68. The fourth-order valence-corrected chi connectivity index (χ4v) is 3.12. The lowest BCUT2D eigenvalue weighted by atomic mass is 10.0. The predicted molar refractivity (Wildman–Crippen MR) is 102 cm³/mol. The highest BCUT2D eigenvalue weighted by Crippen LogP contribution is 2.25. The van der Waals surface area contributed by atoms with Crippen molar-refractivity contribution in [2.75, 3.05) is 32.8 Å². The van der Waals surface area contributed by atoms with Crippen LogP contribution in [0.3, 0.4) is 0 Å². The van der Waals surface area contributed by atoms with Gasteiger partial charge in [-0.15, -0.1) is 0 Å². The van der Waals surface area contributed by atoms with E-state index in [1.54, 1.807) is 4.90 Å². The average Bonchev–Trinajstić information content (AvgIpc) is 2.65. The monoisotopic (exact) mass is 364 g/mol. The van der Waals surface area contributed by atoms with Gasteiger partial charge in [0, 0.05) is 25.7 Å². The molecule has 0 radical (unpaired) electrons. The number of rotatable bonds is 8. The van der Waals surface area contributed by atoms with Gasteiger partial charge in [-0.2, -0.15) is 0 Å². The molecule has 6 heteroatoms. The van der Waals surface area contributed by atoms with Crippen LogP contribution in [0, 0.1) is 0 Å². The normalized spacial score (nSPS) is 16.6. The maximum absolute atomic E-state index is 11.7. The Hall–Kier alpha value is -1.79. The van der Waals surface area contributed by atoms with Crippen molar-refractivity contribution in [2.45, 2.75) is 51.7 Å². The van der Waals surface area contributed by atoms with Gasteiger partial charge in [0.15, 0.2) is 0 Å². The van der Waals surface area contributed by atoms with Gasteiger partial charge in [-0.05, 0) is 37.3 Å². The molecule has 0 unspecified atom stereocenters. The van der Waals surface area contributed by atoms with Gasteiger partial charge >= 0.3 is 6.09 Å². The number of para-hydroxylation sites is 1. The predicted octanol–water partition coefficient (Wildman–Crippen LogP) is 2.76. The SMILES string of the molecule is CCOC(=O)N1CCC(NC[C@H](O)COc2ccccc2C(C)C)CC1. The molecule has 0 spiro atoms. The standard InChI is InChI=1S/C20H32N2O4/c1-4-25-20(24)22-11-9-16(10-12-22)21-13-17(23)14-26-19-8-6-5-7-18(19)15(2)3/h5-8,15-17,21,23H,4,9-14H2,1-3H3/t17-/m0/s1. The van der Waals surface area contributed by atoms with E-state index in [-0.39, 0.29) is 12.7 Å². The molecule has 0 saturated carbocycles. The lowest BCUT2D eigenvalue weighted by Crippen LogP contribution is -2.47. The van der Waals surface area contributed by atoms with Crippen molar-refractivity contribution in [1.82, 2.24) is 10.2 Å². The van der Waals surface area contributed by atoms with Crippen LogP contribution in [-0.4, -0.2) is 61.1 Å². The van der Waals surface area contributed by atoms with Gasteiger partial charge in [0.2, 0.25) is 0 Å². The number of hydrogen-bond donors (Lipinski definition) is 2. The summed E-state index contributed by atoms with van der Waals surface area (Å²) in [5.74, 6) is 1.22. The highest BCUT2D eigenvalue weighted by atomic mass is 16.6. The highest BCUT2D eigenvalue weighted by Gasteiger charge is 2.23. The molecular formula is C20H32N2O4. The van der Waals surface area contributed by atoms with Crippen molar-refractivity contribution in [3.63, 3.8) is 0 Å².